The van der Waals surface area contributed by atoms with Gasteiger partial charge in [-0.25, -0.2) is 0 Å². The van der Waals surface area contributed by atoms with E-state index in [1.807, 2.05) is 0 Å². The number of nitrogens with zero attached hydrogens (tertiary/aromatic N) is 2. The summed E-state index contributed by atoms with van der Waals surface area (Å²) in [5, 5.41) is 8.92. The van der Waals surface area contributed by atoms with Gasteiger partial charge in [0.1, 0.15) is 0 Å². The molecule has 0 aliphatic carbocycles. The van der Waals surface area contributed by atoms with Crippen LogP contribution in [0.4, 0.5) is 17.1 Å². The second kappa shape index (κ2) is 14.1. The number of hydrogen-bond donors (Lipinski definition) is 0. The minimum Gasteiger partial charge on any atom is -0.310 e. The highest BCUT2D eigenvalue weighted by Gasteiger charge is 2.22. The number of benzene rings is 10. The van der Waals surface area contributed by atoms with Crippen molar-refractivity contribution in [3.05, 3.63) is 230 Å². The van der Waals surface area contributed by atoms with E-state index >= 15 is 0 Å². The van der Waals surface area contributed by atoms with Crippen LogP contribution in [-0.4, -0.2) is 4.57 Å². The molecule has 1 heterocycles. The predicted molar refractivity (Wildman–Crippen MR) is 248 cm³/mol. The molecular weight excluding hydrogens is 701 g/mol. The first kappa shape index (κ1) is 33.6. The fourth-order valence-electron chi connectivity index (χ4n) is 8.87. The van der Waals surface area contributed by atoms with Crippen LogP contribution in [0.3, 0.4) is 0 Å². The molecule has 0 aliphatic rings. The molecule has 11 aromatic rings. The first-order valence-corrected chi connectivity index (χ1v) is 19.9. The van der Waals surface area contributed by atoms with E-state index in [1.54, 1.807) is 0 Å². The average molecular weight is 739 g/mol. The maximum absolute atomic E-state index is 2.42. The summed E-state index contributed by atoms with van der Waals surface area (Å²) < 4.78 is 2.42. The van der Waals surface area contributed by atoms with Gasteiger partial charge in [0.05, 0.1) is 16.9 Å². The van der Waals surface area contributed by atoms with Crippen LogP contribution in [0, 0.1) is 0 Å². The molecule has 0 saturated heterocycles. The summed E-state index contributed by atoms with van der Waals surface area (Å²) in [6.07, 6.45) is 4.46. The Morgan fingerprint density at radius 3 is 1.64 bits per heavy atom. The summed E-state index contributed by atoms with van der Waals surface area (Å²) in [7, 11) is 0. The Labute approximate surface area is 338 Å². The summed E-state index contributed by atoms with van der Waals surface area (Å²) in [6, 6.07) is 79.0. The fraction of sp³-hybridized carbons (Fsp3) is 0. The molecule has 0 unspecified atom stereocenters. The third kappa shape index (κ3) is 5.74. The predicted octanol–water partition coefficient (Wildman–Crippen LogP) is 15.5. The quantitative estimate of drug-likeness (QED) is 0.111. The minimum atomic E-state index is 1.11. The van der Waals surface area contributed by atoms with E-state index in [9.17, 15) is 0 Å². The summed E-state index contributed by atoms with van der Waals surface area (Å²) in [6.45, 7) is 0. The van der Waals surface area contributed by atoms with Gasteiger partial charge in [-0.2, -0.15) is 0 Å². The summed E-state index contributed by atoms with van der Waals surface area (Å²) in [4.78, 5) is 2.39. The Hall–Kier alpha value is -7.68. The lowest BCUT2D eigenvalue weighted by Crippen LogP contribution is -2.10. The molecule has 0 radical (unpaired) electrons. The molecular formula is C56H38N2. The Balaban J connectivity index is 1.00. The molecule has 0 N–H and O–H groups in total. The van der Waals surface area contributed by atoms with E-state index in [-0.39, 0.29) is 0 Å². The fourth-order valence-corrected chi connectivity index (χ4v) is 8.87. The van der Waals surface area contributed by atoms with Crippen molar-refractivity contribution >= 4 is 72.4 Å². The molecule has 0 saturated carbocycles. The zero-order chi connectivity index (χ0) is 38.4. The van der Waals surface area contributed by atoms with Gasteiger partial charge in [-0.05, 0) is 104 Å². The standard InChI is InChI=1S/C56H38N2/c1-5-14-41(15-6-1)55-50-38-40(28-36-52(50)58(47-22-11-4-12-23-47)56(55)45-16-7-2-8-17-45)25-24-39-26-33-48(34-27-39)57(46-20-9-3-10-21-46)51-37-32-44-30-29-42-18-13-19-43-31-35-49(51)54(44)53(42)43/h1-38H/b25-24+. The van der Waals surface area contributed by atoms with Crippen molar-refractivity contribution in [3.63, 3.8) is 0 Å². The highest BCUT2D eigenvalue weighted by molar-refractivity contribution is 6.25. The minimum absolute atomic E-state index is 1.11. The highest BCUT2D eigenvalue weighted by Crippen LogP contribution is 2.45. The molecule has 2 heteroatoms. The van der Waals surface area contributed by atoms with E-state index in [1.165, 1.54) is 71.3 Å². The van der Waals surface area contributed by atoms with Crippen molar-refractivity contribution in [1.82, 2.24) is 4.57 Å². The largest absolute Gasteiger partial charge is 0.310 e. The van der Waals surface area contributed by atoms with Gasteiger partial charge in [0.2, 0.25) is 0 Å². The molecule has 1 aromatic heterocycles. The third-order valence-electron chi connectivity index (χ3n) is 11.5. The third-order valence-corrected chi connectivity index (χ3v) is 11.5. The number of hydrogen-bond acceptors (Lipinski definition) is 1. The lowest BCUT2D eigenvalue weighted by molar-refractivity contribution is 1.13. The average Bonchev–Trinajstić information content (AvgIpc) is 3.64. The lowest BCUT2D eigenvalue weighted by Gasteiger charge is -2.27. The Morgan fingerprint density at radius 1 is 0.379 bits per heavy atom. The number of para-hydroxylation sites is 2. The van der Waals surface area contributed by atoms with Crippen LogP contribution in [-0.2, 0) is 0 Å². The van der Waals surface area contributed by atoms with E-state index in [0.717, 1.165) is 28.2 Å². The van der Waals surface area contributed by atoms with Crippen LogP contribution in [0.5, 0.6) is 0 Å². The Kier molecular flexibility index (Phi) is 8.19. The molecule has 2 nitrogen and oxygen atoms in total. The molecule has 272 valence electrons. The van der Waals surface area contributed by atoms with Crippen LogP contribution in [0.25, 0.3) is 83.4 Å². The van der Waals surface area contributed by atoms with Gasteiger partial charge in [0.15, 0.2) is 0 Å². The smallest absolute Gasteiger partial charge is 0.0619 e. The lowest BCUT2D eigenvalue weighted by atomic mass is 9.93. The molecule has 0 atom stereocenters. The molecule has 11 rings (SSSR count). The van der Waals surface area contributed by atoms with Crippen molar-refractivity contribution in [1.29, 1.82) is 0 Å². The highest BCUT2D eigenvalue weighted by atomic mass is 15.1. The number of rotatable bonds is 8. The van der Waals surface area contributed by atoms with Crippen LogP contribution < -0.4 is 4.90 Å². The van der Waals surface area contributed by atoms with Crippen molar-refractivity contribution in [2.45, 2.75) is 0 Å². The van der Waals surface area contributed by atoms with Gasteiger partial charge in [0.25, 0.3) is 0 Å². The molecule has 0 fully saturated rings. The zero-order valence-corrected chi connectivity index (χ0v) is 31.8. The normalized spacial score (nSPS) is 11.7. The van der Waals surface area contributed by atoms with Crippen LogP contribution in [0.2, 0.25) is 0 Å². The Morgan fingerprint density at radius 2 is 0.931 bits per heavy atom. The van der Waals surface area contributed by atoms with Crippen LogP contribution >= 0.6 is 0 Å². The second-order valence-corrected chi connectivity index (χ2v) is 14.9. The van der Waals surface area contributed by atoms with E-state index in [4.69, 9.17) is 0 Å². The van der Waals surface area contributed by atoms with E-state index in [0.29, 0.717) is 0 Å². The maximum atomic E-state index is 2.42. The van der Waals surface area contributed by atoms with Gasteiger partial charge in [0, 0.05) is 33.4 Å². The van der Waals surface area contributed by atoms with Crippen molar-refractivity contribution < 1.29 is 0 Å². The first-order valence-electron chi connectivity index (χ1n) is 19.9. The molecule has 58 heavy (non-hydrogen) atoms. The zero-order valence-electron chi connectivity index (χ0n) is 31.8. The first-order chi connectivity index (χ1) is 28.8. The maximum Gasteiger partial charge on any atom is 0.0619 e. The van der Waals surface area contributed by atoms with Gasteiger partial charge in [-0.15, -0.1) is 0 Å². The summed E-state index contributed by atoms with van der Waals surface area (Å²) in [5.41, 5.74) is 12.8. The van der Waals surface area contributed by atoms with E-state index < -0.39 is 0 Å². The van der Waals surface area contributed by atoms with Crippen molar-refractivity contribution in [2.24, 2.45) is 0 Å². The SMILES string of the molecule is C(=C\c1ccc2c(c1)c(-c1ccccc1)c(-c1ccccc1)n2-c1ccccc1)/c1ccc(N(c2ccccc2)c2ccc3ccc4cccc5ccc2c3c45)cc1. The van der Waals surface area contributed by atoms with Crippen molar-refractivity contribution in [3.8, 4) is 28.1 Å². The Bertz CT molecular complexity index is 3220. The summed E-state index contributed by atoms with van der Waals surface area (Å²) >= 11 is 0. The number of anilines is 3. The monoisotopic (exact) mass is 738 g/mol. The molecule has 0 amide bonds. The van der Waals surface area contributed by atoms with Crippen molar-refractivity contribution in [2.75, 3.05) is 4.90 Å². The number of aromatic nitrogens is 1. The topological polar surface area (TPSA) is 8.17 Å². The second-order valence-electron chi connectivity index (χ2n) is 14.9. The molecule has 10 aromatic carbocycles. The molecule has 0 bridgehead atoms. The van der Waals surface area contributed by atoms with Gasteiger partial charge in [-0.1, -0.05) is 176 Å². The van der Waals surface area contributed by atoms with Crippen LogP contribution in [0.15, 0.2) is 218 Å². The van der Waals surface area contributed by atoms with Crippen LogP contribution in [0.1, 0.15) is 11.1 Å². The summed E-state index contributed by atoms with van der Waals surface area (Å²) in [5.74, 6) is 0. The molecule has 0 spiro atoms. The van der Waals surface area contributed by atoms with Gasteiger partial charge < -0.3 is 9.47 Å². The number of fused-ring (bicyclic) bond motifs is 1. The van der Waals surface area contributed by atoms with Gasteiger partial charge in [-0.3, -0.25) is 0 Å². The van der Waals surface area contributed by atoms with E-state index in [2.05, 4.69) is 240 Å². The van der Waals surface area contributed by atoms with Gasteiger partial charge >= 0.3 is 0 Å². The molecule has 0 aliphatic heterocycles.